The first kappa shape index (κ1) is 11.0. The number of aryl methyl sites for hydroxylation is 1. The summed E-state index contributed by atoms with van der Waals surface area (Å²) in [6.45, 7) is 0. The third-order valence-corrected chi connectivity index (χ3v) is 4.17. The monoisotopic (exact) mass is 265 g/mol. The summed E-state index contributed by atoms with van der Waals surface area (Å²) >= 11 is 7.61. The maximum atomic E-state index is 5.77. The Morgan fingerprint density at radius 3 is 3.00 bits per heavy atom. The molecule has 88 valence electrons. The van der Waals surface area contributed by atoms with Crippen molar-refractivity contribution in [3.8, 4) is 0 Å². The summed E-state index contributed by atoms with van der Waals surface area (Å²) in [5.74, 6) is 0.651. The van der Waals surface area contributed by atoms with Crippen molar-refractivity contribution < 1.29 is 0 Å². The minimum atomic E-state index is 0.339. The molecule has 1 unspecified atom stereocenters. The first-order valence-electron chi connectivity index (χ1n) is 5.63. The van der Waals surface area contributed by atoms with Crippen molar-refractivity contribution in [2.45, 2.75) is 25.3 Å². The standard InChI is InChI=1S/C12H12ClN3S/c13-8-6-14-12(15-7-8)16-10-2-1-3-11-9(10)4-5-17-11/h4-7,10H,1-3H2,(H,14,15,16). The molecule has 1 aliphatic carbocycles. The summed E-state index contributed by atoms with van der Waals surface area (Å²) < 4.78 is 0. The van der Waals surface area contributed by atoms with E-state index in [1.807, 2.05) is 11.3 Å². The second kappa shape index (κ2) is 4.63. The number of halogens is 1. The first-order valence-corrected chi connectivity index (χ1v) is 6.89. The lowest BCUT2D eigenvalue weighted by atomic mass is 9.94. The van der Waals surface area contributed by atoms with E-state index in [2.05, 4.69) is 26.7 Å². The average Bonchev–Trinajstić information content (AvgIpc) is 2.81. The van der Waals surface area contributed by atoms with Gasteiger partial charge in [-0.15, -0.1) is 11.3 Å². The SMILES string of the molecule is Clc1cnc(NC2CCCc3sccc32)nc1. The number of hydrogen-bond donors (Lipinski definition) is 1. The minimum absolute atomic E-state index is 0.339. The molecule has 0 spiro atoms. The fraction of sp³-hybridized carbons (Fsp3) is 0.333. The van der Waals surface area contributed by atoms with Crippen LogP contribution in [0, 0.1) is 0 Å². The van der Waals surface area contributed by atoms with Crippen LogP contribution in [0.1, 0.15) is 29.3 Å². The Morgan fingerprint density at radius 2 is 2.18 bits per heavy atom. The summed E-state index contributed by atoms with van der Waals surface area (Å²) in [7, 11) is 0. The number of anilines is 1. The van der Waals surface area contributed by atoms with Crippen LogP contribution in [0.15, 0.2) is 23.8 Å². The summed E-state index contributed by atoms with van der Waals surface area (Å²) in [4.78, 5) is 9.85. The molecule has 0 fully saturated rings. The third-order valence-electron chi connectivity index (χ3n) is 2.98. The molecule has 17 heavy (non-hydrogen) atoms. The van der Waals surface area contributed by atoms with Gasteiger partial charge >= 0.3 is 0 Å². The van der Waals surface area contributed by atoms with Crippen LogP contribution in [-0.2, 0) is 6.42 Å². The normalized spacial score (nSPS) is 18.8. The van der Waals surface area contributed by atoms with Gasteiger partial charge in [0.05, 0.1) is 23.5 Å². The van der Waals surface area contributed by atoms with E-state index in [-0.39, 0.29) is 0 Å². The van der Waals surface area contributed by atoms with Crippen molar-refractivity contribution in [1.82, 2.24) is 9.97 Å². The van der Waals surface area contributed by atoms with Gasteiger partial charge in [0.15, 0.2) is 0 Å². The van der Waals surface area contributed by atoms with Crippen molar-refractivity contribution >= 4 is 28.9 Å². The minimum Gasteiger partial charge on any atom is -0.347 e. The van der Waals surface area contributed by atoms with Crippen molar-refractivity contribution in [2.75, 3.05) is 5.32 Å². The van der Waals surface area contributed by atoms with Gasteiger partial charge in [-0.25, -0.2) is 9.97 Å². The smallest absolute Gasteiger partial charge is 0.223 e. The zero-order valence-corrected chi connectivity index (χ0v) is 10.8. The van der Waals surface area contributed by atoms with E-state index < -0.39 is 0 Å². The van der Waals surface area contributed by atoms with Crippen LogP contribution in [0.25, 0.3) is 0 Å². The number of aromatic nitrogens is 2. The number of nitrogens with one attached hydrogen (secondary N) is 1. The Bertz CT molecular complexity index is 509. The summed E-state index contributed by atoms with van der Waals surface area (Å²) in [5.41, 5.74) is 1.40. The fourth-order valence-electron chi connectivity index (χ4n) is 2.18. The molecule has 0 amide bonds. The lowest BCUT2D eigenvalue weighted by molar-refractivity contribution is 0.604. The lowest BCUT2D eigenvalue weighted by Gasteiger charge is -2.23. The highest BCUT2D eigenvalue weighted by molar-refractivity contribution is 7.10. The molecule has 3 rings (SSSR count). The molecule has 3 nitrogen and oxygen atoms in total. The van der Waals surface area contributed by atoms with Gasteiger partial charge in [-0.1, -0.05) is 11.6 Å². The number of rotatable bonds is 2. The van der Waals surface area contributed by atoms with E-state index in [4.69, 9.17) is 11.6 Å². The van der Waals surface area contributed by atoms with Crippen LogP contribution in [0.3, 0.4) is 0 Å². The van der Waals surface area contributed by atoms with Crippen molar-refractivity contribution in [3.05, 3.63) is 39.3 Å². The summed E-state index contributed by atoms with van der Waals surface area (Å²) in [6, 6.07) is 2.54. The molecule has 0 bridgehead atoms. The Kier molecular flexibility index (Phi) is 2.99. The molecule has 0 saturated heterocycles. The largest absolute Gasteiger partial charge is 0.347 e. The average molecular weight is 266 g/mol. The summed E-state index contributed by atoms with van der Waals surface area (Å²) in [5, 5.41) is 6.10. The van der Waals surface area contributed by atoms with Crippen LogP contribution in [-0.4, -0.2) is 9.97 Å². The van der Waals surface area contributed by atoms with E-state index in [1.54, 1.807) is 12.4 Å². The highest BCUT2D eigenvalue weighted by Crippen LogP contribution is 2.34. The Balaban J connectivity index is 1.81. The number of thiophene rings is 1. The molecule has 0 aromatic carbocycles. The van der Waals surface area contributed by atoms with Gasteiger partial charge in [-0.3, -0.25) is 0 Å². The van der Waals surface area contributed by atoms with E-state index in [9.17, 15) is 0 Å². The Morgan fingerprint density at radius 1 is 1.35 bits per heavy atom. The molecule has 2 aromatic heterocycles. The second-order valence-electron chi connectivity index (χ2n) is 4.11. The molecule has 2 aromatic rings. The van der Waals surface area contributed by atoms with Gasteiger partial charge in [0.25, 0.3) is 0 Å². The van der Waals surface area contributed by atoms with Gasteiger partial charge in [-0.05, 0) is 36.3 Å². The van der Waals surface area contributed by atoms with Gasteiger partial charge in [0, 0.05) is 4.88 Å². The van der Waals surface area contributed by atoms with Crippen molar-refractivity contribution in [3.63, 3.8) is 0 Å². The maximum Gasteiger partial charge on any atom is 0.223 e. The molecule has 0 saturated carbocycles. The highest BCUT2D eigenvalue weighted by atomic mass is 35.5. The Hall–Kier alpha value is -1.13. The van der Waals surface area contributed by atoms with Crippen LogP contribution in [0.4, 0.5) is 5.95 Å². The van der Waals surface area contributed by atoms with Gasteiger partial charge in [-0.2, -0.15) is 0 Å². The molecule has 1 atom stereocenters. The molecule has 5 heteroatoms. The first-order chi connectivity index (χ1) is 8.33. The topological polar surface area (TPSA) is 37.8 Å². The molecule has 1 N–H and O–H groups in total. The van der Waals surface area contributed by atoms with Crippen molar-refractivity contribution in [1.29, 1.82) is 0 Å². The molecular weight excluding hydrogens is 254 g/mol. The molecule has 2 heterocycles. The van der Waals surface area contributed by atoms with Gasteiger partial charge in [0.1, 0.15) is 0 Å². The van der Waals surface area contributed by atoms with E-state index in [0.29, 0.717) is 17.0 Å². The van der Waals surface area contributed by atoms with E-state index in [1.165, 1.54) is 23.3 Å². The van der Waals surface area contributed by atoms with Crippen LogP contribution < -0.4 is 5.32 Å². The number of hydrogen-bond acceptors (Lipinski definition) is 4. The summed E-state index contributed by atoms with van der Waals surface area (Å²) in [6.07, 6.45) is 6.80. The van der Waals surface area contributed by atoms with E-state index >= 15 is 0 Å². The quantitative estimate of drug-likeness (QED) is 0.900. The second-order valence-corrected chi connectivity index (χ2v) is 5.55. The van der Waals surface area contributed by atoms with Crippen LogP contribution in [0.5, 0.6) is 0 Å². The van der Waals surface area contributed by atoms with Gasteiger partial charge in [0.2, 0.25) is 5.95 Å². The van der Waals surface area contributed by atoms with E-state index in [0.717, 1.165) is 6.42 Å². The number of nitrogens with zero attached hydrogens (tertiary/aromatic N) is 2. The maximum absolute atomic E-state index is 5.77. The predicted molar refractivity (Wildman–Crippen MR) is 70.7 cm³/mol. The Labute approximate surface area is 109 Å². The molecule has 0 radical (unpaired) electrons. The van der Waals surface area contributed by atoms with Crippen LogP contribution >= 0.6 is 22.9 Å². The zero-order chi connectivity index (χ0) is 11.7. The third kappa shape index (κ3) is 2.28. The van der Waals surface area contributed by atoms with Crippen molar-refractivity contribution in [2.24, 2.45) is 0 Å². The highest BCUT2D eigenvalue weighted by Gasteiger charge is 2.21. The molecule has 1 aliphatic rings. The molecular formula is C12H12ClN3S. The van der Waals surface area contributed by atoms with Crippen LogP contribution in [0.2, 0.25) is 5.02 Å². The number of fused-ring (bicyclic) bond motifs is 1. The predicted octanol–water partition coefficient (Wildman–Crippen LogP) is 3.68. The lowest BCUT2D eigenvalue weighted by Crippen LogP contribution is -2.16. The zero-order valence-electron chi connectivity index (χ0n) is 9.19. The molecule has 0 aliphatic heterocycles. The van der Waals surface area contributed by atoms with Gasteiger partial charge < -0.3 is 5.32 Å². The fourth-order valence-corrected chi connectivity index (χ4v) is 3.26.